The number of ether oxygens (including phenoxy) is 3. The molecule has 0 saturated carbocycles. The van der Waals surface area contributed by atoms with E-state index in [-0.39, 0.29) is 25.0 Å². The van der Waals surface area contributed by atoms with E-state index in [4.69, 9.17) is 14.2 Å². The second-order valence-electron chi connectivity index (χ2n) is 4.31. The van der Waals surface area contributed by atoms with Gasteiger partial charge in [0.1, 0.15) is 19.0 Å². The van der Waals surface area contributed by atoms with Crippen molar-refractivity contribution >= 4 is 28.6 Å². The standard InChI is InChI=1S/C15H21IO4/c1-4-13(20-14(17)5-2)15(19-10-18-3)11-8-6-7-9-12(11)16/h6-9,13,15H,4-5,10H2,1-3H3/t13-,15-/m0/s1. The maximum absolute atomic E-state index is 11.6. The van der Waals surface area contributed by atoms with Crippen LogP contribution in [0.15, 0.2) is 24.3 Å². The van der Waals surface area contributed by atoms with Crippen molar-refractivity contribution in [2.24, 2.45) is 0 Å². The summed E-state index contributed by atoms with van der Waals surface area (Å²) < 4.78 is 17.3. The number of benzene rings is 1. The van der Waals surface area contributed by atoms with Gasteiger partial charge in [0.15, 0.2) is 0 Å². The first-order chi connectivity index (χ1) is 9.63. The summed E-state index contributed by atoms with van der Waals surface area (Å²) >= 11 is 2.26. The molecule has 0 fully saturated rings. The summed E-state index contributed by atoms with van der Waals surface area (Å²) in [5, 5.41) is 0. The quantitative estimate of drug-likeness (QED) is 0.385. The molecule has 0 aliphatic heterocycles. The molecule has 1 aromatic carbocycles. The van der Waals surface area contributed by atoms with Gasteiger partial charge < -0.3 is 14.2 Å². The summed E-state index contributed by atoms with van der Waals surface area (Å²) in [6.45, 7) is 3.93. The van der Waals surface area contributed by atoms with Gasteiger partial charge in [0.2, 0.25) is 0 Å². The van der Waals surface area contributed by atoms with Crippen LogP contribution in [-0.4, -0.2) is 26.0 Å². The van der Waals surface area contributed by atoms with Crippen LogP contribution < -0.4 is 0 Å². The first-order valence-electron chi connectivity index (χ1n) is 6.68. The van der Waals surface area contributed by atoms with Crippen LogP contribution in [0, 0.1) is 3.57 Å². The van der Waals surface area contributed by atoms with Gasteiger partial charge in [-0.25, -0.2) is 0 Å². The van der Waals surface area contributed by atoms with E-state index >= 15 is 0 Å². The third kappa shape index (κ3) is 5.03. The summed E-state index contributed by atoms with van der Waals surface area (Å²) in [7, 11) is 1.58. The van der Waals surface area contributed by atoms with Crippen molar-refractivity contribution in [2.75, 3.05) is 13.9 Å². The van der Waals surface area contributed by atoms with Crippen molar-refractivity contribution in [1.29, 1.82) is 0 Å². The smallest absolute Gasteiger partial charge is 0.305 e. The van der Waals surface area contributed by atoms with Crippen molar-refractivity contribution in [1.82, 2.24) is 0 Å². The van der Waals surface area contributed by atoms with Gasteiger partial charge >= 0.3 is 5.97 Å². The largest absolute Gasteiger partial charge is 0.459 e. The Morgan fingerprint density at radius 3 is 2.55 bits per heavy atom. The average molecular weight is 392 g/mol. The molecule has 1 aromatic rings. The van der Waals surface area contributed by atoms with E-state index < -0.39 is 0 Å². The Labute approximate surface area is 133 Å². The van der Waals surface area contributed by atoms with E-state index in [1.54, 1.807) is 14.0 Å². The van der Waals surface area contributed by atoms with Crippen molar-refractivity contribution in [2.45, 2.75) is 38.9 Å². The van der Waals surface area contributed by atoms with E-state index in [0.717, 1.165) is 9.13 Å². The summed E-state index contributed by atoms with van der Waals surface area (Å²) in [4.78, 5) is 11.6. The molecule has 4 nitrogen and oxygen atoms in total. The highest BCUT2D eigenvalue weighted by Crippen LogP contribution is 2.29. The van der Waals surface area contributed by atoms with Crippen molar-refractivity contribution in [3.63, 3.8) is 0 Å². The van der Waals surface area contributed by atoms with Gasteiger partial charge in [0.25, 0.3) is 0 Å². The number of carbonyl (C=O) groups excluding carboxylic acids is 1. The van der Waals surface area contributed by atoms with Crippen LogP contribution in [0.5, 0.6) is 0 Å². The highest BCUT2D eigenvalue weighted by molar-refractivity contribution is 14.1. The SMILES string of the molecule is CCC(=O)O[C@@H](CC)[C@@H](OCOC)c1ccccc1I. The lowest BCUT2D eigenvalue weighted by molar-refractivity contribution is -0.166. The van der Waals surface area contributed by atoms with Gasteiger partial charge in [-0.1, -0.05) is 32.0 Å². The Morgan fingerprint density at radius 1 is 1.30 bits per heavy atom. The van der Waals surface area contributed by atoms with Crippen LogP contribution in [0.3, 0.4) is 0 Å². The second kappa shape index (κ2) is 9.31. The minimum atomic E-state index is -0.316. The maximum atomic E-state index is 11.6. The first-order valence-corrected chi connectivity index (χ1v) is 7.76. The van der Waals surface area contributed by atoms with Gasteiger partial charge in [-0.05, 0) is 40.6 Å². The van der Waals surface area contributed by atoms with Gasteiger partial charge in [-0.2, -0.15) is 0 Å². The van der Waals surface area contributed by atoms with Crippen molar-refractivity contribution in [3.05, 3.63) is 33.4 Å². The van der Waals surface area contributed by atoms with Crippen LogP contribution in [0.4, 0.5) is 0 Å². The molecule has 0 radical (unpaired) electrons. The second-order valence-corrected chi connectivity index (χ2v) is 5.47. The average Bonchev–Trinajstić information content (AvgIpc) is 2.47. The Morgan fingerprint density at radius 2 is 2.00 bits per heavy atom. The van der Waals surface area contributed by atoms with E-state index in [1.165, 1.54) is 0 Å². The molecule has 20 heavy (non-hydrogen) atoms. The fourth-order valence-electron chi connectivity index (χ4n) is 1.86. The van der Waals surface area contributed by atoms with E-state index in [0.29, 0.717) is 12.8 Å². The molecule has 2 atom stereocenters. The number of hydrogen-bond acceptors (Lipinski definition) is 4. The molecule has 1 rings (SSSR count). The maximum Gasteiger partial charge on any atom is 0.305 e. The fraction of sp³-hybridized carbons (Fsp3) is 0.533. The minimum absolute atomic E-state index is 0.163. The molecule has 112 valence electrons. The van der Waals surface area contributed by atoms with Gasteiger partial charge in [0.05, 0.1) is 0 Å². The summed E-state index contributed by atoms with van der Waals surface area (Å²) in [5.74, 6) is -0.214. The number of methoxy groups -OCH3 is 1. The fourth-order valence-corrected chi connectivity index (χ4v) is 2.55. The van der Waals surface area contributed by atoms with E-state index in [9.17, 15) is 4.79 Å². The summed E-state index contributed by atoms with van der Waals surface area (Å²) in [6, 6.07) is 7.92. The molecule has 0 spiro atoms. The monoisotopic (exact) mass is 392 g/mol. The number of esters is 1. The molecule has 0 aromatic heterocycles. The third-order valence-corrected chi connectivity index (χ3v) is 3.87. The van der Waals surface area contributed by atoms with Crippen LogP contribution in [-0.2, 0) is 19.0 Å². The van der Waals surface area contributed by atoms with Crippen molar-refractivity contribution < 1.29 is 19.0 Å². The van der Waals surface area contributed by atoms with E-state index in [2.05, 4.69) is 22.6 Å². The lowest BCUT2D eigenvalue weighted by Crippen LogP contribution is -2.28. The Bertz CT molecular complexity index is 422. The number of hydrogen-bond donors (Lipinski definition) is 0. The minimum Gasteiger partial charge on any atom is -0.459 e. The highest BCUT2D eigenvalue weighted by Gasteiger charge is 2.27. The first kappa shape index (κ1) is 17.4. The zero-order valence-corrected chi connectivity index (χ0v) is 14.3. The molecular weight excluding hydrogens is 371 g/mol. The van der Waals surface area contributed by atoms with Crippen LogP contribution in [0.2, 0.25) is 0 Å². The number of rotatable bonds is 8. The Kier molecular flexibility index (Phi) is 8.09. The van der Waals surface area contributed by atoms with Gasteiger partial charge in [-0.15, -0.1) is 0 Å². The lowest BCUT2D eigenvalue weighted by atomic mass is 10.0. The molecular formula is C15H21IO4. The predicted molar refractivity (Wildman–Crippen MR) is 85.3 cm³/mol. The molecule has 0 heterocycles. The molecule has 0 bridgehead atoms. The summed E-state index contributed by atoms with van der Waals surface area (Å²) in [6.07, 6.45) is 0.418. The van der Waals surface area contributed by atoms with Crippen LogP contribution in [0.25, 0.3) is 0 Å². The van der Waals surface area contributed by atoms with Crippen LogP contribution >= 0.6 is 22.6 Å². The van der Waals surface area contributed by atoms with Crippen LogP contribution in [0.1, 0.15) is 38.4 Å². The lowest BCUT2D eigenvalue weighted by Gasteiger charge is -2.27. The van der Waals surface area contributed by atoms with Crippen molar-refractivity contribution in [3.8, 4) is 0 Å². The molecule has 0 unspecified atom stereocenters. The topological polar surface area (TPSA) is 44.8 Å². The molecule has 0 saturated heterocycles. The summed E-state index contributed by atoms with van der Waals surface area (Å²) in [5.41, 5.74) is 1.01. The van der Waals surface area contributed by atoms with E-state index in [1.807, 2.05) is 31.2 Å². The van der Waals surface area contributed by atoms with Gasteiger partial charge in [0, 0.05) is 17.1 Å². The van der Waals surface area contributed by atoms with Gasteiger partial charge in [-0.3, -0.25) is 4.79 Å². The zero-order chi connectivity index (χ0) is 15.0. The molecule has 0 amide bonds. The predicted octanol–water partition coefficient (Wildman–Crippen LogP) is 3.68. The Balaban J connectivity index is 2.97. The molecule has 0 aliphatic rings. The molecule has 0 aliphatic carbocycles. The molecule has 5 heteroatoms. The number of carbonyl (C=O) groups is 1. The molecule has 0 N–H and O–H groups in total. The Hall–Kier alpha value is -0.660. The highest BCUT2D eigenvalue weighted by atomic mass is 127. The normalized spacial score (nSPS) is 13.8. The zero-order valence-electron chi connectivity index (χ0n) is 12.1. The third-order valence-electron chi connectivity index (χ3n) is 2.89. The number of halogens is 1.